The molecule has 2 aromatic rings. The van der Waals surface area contributed by atoms with E-state index in [0.29, 0.717) is 30.5 Å². The van der Waals surface area contributed by atoms with Gasteiger partial charge in [-0.15, -0.1) is 10.2 Å². The number of likely N-dealkylation sites (N-methyl/N-ethyl adjacent to an activating group) is 1. The largest absolute Gasteiger partial charge is 0.467 e. The van der Waals surface area contributed by atoms with Crippen molar-refractivity contribution in [1.82, 2.24) is 19.7 Å². The zero-order valence-electron chi connectivity index (χ0n) is 12.9. The van der Waals surface area contributed by atoms with Gasteiger partial charge >= 0.3 is 0 Å². The third-order valence-corrected chi connectivity index (χ3v) is 3.97. The topological polar surface area (TPSA) is 64.2 Å². The number of hydrogen-bond donors (Lipinski definition) is 0. The molecule has 2 heterocycles. The number of aromatic nitrogens is 3. The summed E-state index contributed by atoms with van der Waals surface area (Å²) < 4.78 is 7.18. The smallest absolute Gasteiger partial charge is 0.233 e. The van der Waals surface area contributed by atoms with Gasteiger partial charge in [0.1, 0.15) is 12.1 Å². The Kier molecular flexibility index (Phi) is 5.83. The van der Waals surface area contributed by atoms with Crippen LogP contribution in [0.1, 0.15) is 19.6 Å². The molecule has 0 atom stereocenters. The zero-order valence-corrected chi connectivity index (χ0v) is 13.7. The molecule has 2 rings (SSSR count). The van der Waals surface area contributed by atoms with Crippen LogP contribution in [0.15, 0.2) is 46.4 Å². The van der Waals surface area contributed by atoms with Crippen LogP contribution in [0.4, 0.5) is 0 Å². The molecule has 0 spiro atoms. The molecule has 0 bridgehead atoms. The zero-order chi connectivity index (χ0) is 15.9. The van der Waals surface area contributed by atoms with E-state index in [-0.39, 0.29) is 5.91 Å². The second-order valence-corrected chi connectivity index (χ2v) is 5.92. The van der Waals surface area contributed by atoms with Gasteiger partial charge in [-0.1, -0.05) is 23.9 Å². The van der Waals surface area contributed by atoms with E-state index in [1.165, 1.54) is 11.8 Å². The number of carbonyl (C=O) groups is 1. The van der Waals surface area contributed by atoms with E-state index >= 15 is 0 Å². The van der Waals surface area contributed by atoms with Crippen LogP contribution >= 0.6 is 11.8 Å². The predicted octanol–water partition coefficient (Wildman–Crippen LogP) is 2.44. The number of thioether (sulfide) groups is 1. The van der Waals surface area contributed by atoms with Crippen molar-refractivity contribution < 1.29 is 9.21 Å². The van der Waals surface area contributed by atoms with Gasteiger partial charge in [0.15, 0.2) is 5.16 Å². The van der Waals surface area contributed by atoms with Crippen LogP contribution in [-0.4, -0.2) is 44.4 Å². The minimum atomic E-state index is 0.0723. The first kappa shape index (κ1) is 16.4. The number of furan rings is 1. The molecule has 1 amide bonds. The van der Waals surface area contributed by atoms with Gasteiger partial charge in [-0.3, -0.25) is 4.79 Å². The van der Waals surface area contributed by atoms with Gasteiger partial charge in [-0.05, 0) is 26.0 Å². The Bertz CT molecular complexity index is 621. The molecule has 0 aliphatic rings. The minimum absolute atomic E-state index is 0.0723. The highest BCUT2D eigenvalue weighted by atomic mass is 32.2. The van der Waals surface area contributed by atoms with E-state index in [4.69, 9.17) is 4.42 Å². The summed E-state index contributed by atoms with van der Waals surface area (Å²) in [5, 5.41) is 8.67. The number of hydrogen-bond acceptors (Lipinski definition) is 5. The molecule has 0 saturated carbocycles. The molecule has 0 aliphatic carbocycles. The average molecular weight is 320 g/mol. The molecule has 118 valence electrons. The van der Waals surface area contributed by atoms with Gasteiger partial charge in [0.2, 0.25) is 5.91 Å². The quantitative estimate of drug-likeness (QED) is 0.552. The summed E-state index contributed by atoms with van der Waals surface area (Å²) >= 11 is 1.38. The molecule has 0 aliphatic heterocycles. The summed E-state index contributed by atoms with van der Waals surface area (Å²) in [5.74, 6) is 1.23. The van der Waals surface area contributed by atoms with Crippen LogP contribution in [0.25, 0.3) is 0 Å². The minimum Gasteiger partial charge on any atom is -0.467 e. The molecule has 7 heteroatoms. The molecule has 22 heavy (non-hydrogen) atoms. The van der Waals surface area contributed by atoms with Gasteiger partial charge in [0, 0.05) is 13.1 Å². The van der Waals surface area contributed by atoms with E-state index in [0.717, 1.165) is 11.3 Å². The molecule has 0 unspecified atom stereocenters. The molecule has 2 aromatic heterocycles. The van der Waals surface area contributed by atoms with Crippen LogP contribution in [0.2, 0.25) is 0 Å². The lowest BCUT2D eigenvalue weighted by Gasteiger charge is -2.20. The molecule has 0 radical (unpaired) electrons. The van der Waals surface area contributed by atoms with Gasteiger partial charge in [0.25, 0.3) is 0 Å². The monoisotopic (exact) mass is 320 g/mol. The Morgan fingerprint density at radius 1 is 1.55 bits per heavy atom. The van der Waals surface area contributed by atoms with Gasteiger partial charge in [-0.25, -0.2) is 0 Å². The fraction of sp³-hybridized carbons (Fsp3) is 0.400. The number of nitrogens with zero attached hydrogens (tertiary/aromatic N) is 4. The van der Waals surface area contributed by atoms with Crippen molar-refractivity contribution in [2.75, 3.05) is 18.8 Å². The Hall–Kier alpha value is -2.02. The van der Waals surface area contributed by atoms with Crippen LogP contribution in [-0.2, 0) is 11.3 Å². The van der Waals surface area contributed by atoms with Gasteiger partial charge in [0.05, 0.1) is 18.6 Å². The van der Waals surface area contributed by atoms with Gasteiger partial charge < -0.3 is 13.9 Å². The second-order valence-electron chi connectivity index (χ2n) is 4.97. The summed E-state index contributed by atoms with van der Waals surface area (Å²) in [4.78, 5) is 14.0. The number of carbonyl (C=O) groups excluding carboxylic acids is 1. The first-order chi connectivity index (χ1) is 10.6. The molecular weight excluding hydrogens is 300 g/mol. The summed E-state index contributed by atoms with van der Waals surface area (Å²) in [6.45, 7) is 9.56. The van der Waals surface area contributed by atoms with E-state index in [1.54, 1.807) is 17.5 Å². The fourth-order valence-electron chi connectivity index (χ4n) is 1.95. The lowest BCUT2D eigenvalue weighted by Crippen LogP contribution is -2.33. The Labute approximate surface area is 134 Å². The van der Waals surface area contributed by atoms with E-state index in [2.05, 4.69) is 16.8 Å². The van der Waals surface area contributed by atoms with E-state index in [1.807, 2.05) is 30.5 Å². The maximum absolute atomic E-state index is 12.2. The van der Waals surface area contributed by atoms with Crippen molar-refractivity contribution >= 4 is 17.7 Å². The molecule has 0 N–H and O–H groups in total. The van der Waals surface area contributed by atoms with Crippen LogP contribution < -0.4 is 0 Å². The Morgan fingerprint density at radius 3 is 3.00 bits per heavy atom. The third kappa shape index (κ3) is 4.49. The summed E-state index contributed by atoms with van der Waals surface area (Å²) in [5.41, 5.74) is 0.973. The average Bonchev–Trinajstić information content (AvgIpc) is 3.14. The molecule has 0 saturated heterocycles. The standard InChI is InChI=1S/C15H20N4O2S/c1-4-18(8-12(2)3)14(20)10-22-15-17-16-11-19(15)9-13-6-5-7-21-13/h5-7,11H,2,4,8-10H2,1,3H3. The summed E-state index contributed by atoms with van der Waals surface area (Å²) in [6, 6.07) is 3.73. The van der Waals surface area contributed by atoms with E-state index in [9.17, 15) is 4.79 Å². The molecular formula is C15H20N4O2S. The molecule has 0 fully saturated rings. The third-order valence-electron chi connectivity index (χ3n) is 3.01. The maximum atomic E-state index is 12.2. The van der Waals surface area contributed by atoms with Crippen molar-refractivity contribution in [2.45, 2.75) is 25.5 Å². The SMILES string of the molecule is C=C(C)CN(CC)C(=O)CSc1nncn1Cc1ccco1. The summed E-state index contributed by atoms with van der Waals surface area (Å²) in [7, 11) is 0. The second kappa shape index (κ2) is 7.84. The highest BCUT2D eigenvalue weighted by molar-refractivity contribution is 7.99. The highest BCUT2D eigenvalue weighted by Gasteiger charge is 2.14. The van der Waals surface area contributed by atoms with Gasteiger partial charge in [-0.2, -0.15) is 0 Å². The lowest BCUT2D eigenvalue weighted by atomic mass is 10.3. The van der Waals surface area contributed by atoms with Crippen molar-refractivity contribution in [3.05, 3.63) is 42.6 Å². The van der Waals surface area contributed by atoms with E-state index < -0.39 is 0 Å². The summed E-state index contributed by atoms with van der Waals surface area (Å²) in [6.07, 6.45) is 3.27. The van der Waals surface area contributed by atoms with Crippen molar-refractivity contribution in [3.8, 4) is 0 Å². The highest BCUT2D eigenvalue weighted by Crippen LogP contribution is 2.17. The normalized spacial score (nSPS) is 10.6. The number of amides is 1. The molecule has 6 nitrogen and oxygen atoms in total. The Morgan fingerprint density at radius 2 is 2.36 bits per heavy atom. The maximum Gasteiger partial charge on any atom is 0.233 e. The Balaban J connectivity index is 1.93. The van der Waals surface area contributed by atoms with Crippen LogP contribution in [0.3, 0.4) is 0 Å². The van der Waals surface area contributed by atoms with Crippen LogP contribution in [0, 0.1) is 0 Å². The lowest BCUT2D eigenvalue weighted by molar-refractivity contribution is -0.127. The predicted molar refractivity (Wildman–Crippen MR) is 85.6 cm³/mol. The van der Waals surface area contributed by atoms with Crippen molar-refractivity contribution in [2.24, 2.45) is 0 Å². The first-order valence-electron chi connectivity index (χ1n) is 7.05. The van der Waals surface area contributed by atoms with Crippen LogP contribution in [0.5, 0.6) is 0 Å². The number of rotatable bonds is 8. The van der Waals surface area contributed by atoms with Crippen molar-refractivity contribution in [3.63, 3.8) is 0 Å². The van der Waals surface area contributed by atoms with Crippen molar-refractivity contribution in [1.29, 1.82) is 0 Å². The molecule has 0 aromatic carbocycles. The first-order valence-corrected chi connectivity index (χ1v) is 8.03. The fourth-order valence-corrected chi connectivity index (χ4v) is 2.77.